The SMILES string of the molecule is O=C(NCC1CCCN(S(=O)(=O)c2cccc(F)c2F)C1)C1CCCN1. The Balaban J connectivity index is 1.64. The summed E-state index contributed by atoms with van der Waals surface area (Å²) in [4.78, 5) is 11.4. The lowest BCUT2D eigenvalue weighted by Gasteiger charge is -2.32. The van der Waals surface area contributed by atoms with Crippen molar-refractivity contribution >= 4 is 15.9 Å². The predicted octanol–water partition coefficient (Wildman–Crippen LogP) is 1.23. The second-order valence-corrected chi connectivity index (χ2v) is 8.72. The Labute approximate surface area is 152 Å². The van der Waals surface area contributed by atoms with Gasteiger partial charge in [0.15, 0.2) is 11.6 Å². The van der Waals surface area contributed by atoms with Crippen LogP contribution in [0.1, 0.15) is 25.7 Å². The third-order valence-electron chi connectivity index (χ3n) is 4.96. The Hall–Kier alpha value is -1.58. The van der Waals surface area contributed by atoms with E-state index in [1.165, 1.54) is 10.4 Å². The molecule has 2 fully saturated rings. The average Bonchev–Trinajstić information content (AvgIpc) is 3.17. The highest BCUT2D eigenvalue weighted by atomic mass is 32.2. The number of carbonyl (C=O) groups excluding carboxylic acids is 1. The first-order chi connectivity index (χ1) is 12.4. The Morgan fingerprint density at radius 1 is 1.27 bits per heavy atom. The molecule has 26 heavy (non-hydrogen) atoms. The fraction of sp³-hybridized carbons (Fsp3) is 0.588. The third-order valence-corrected chi connectivity index (χ3v) is 6.84. The number of halogens is 2. The van der Waals surface area contributed by atoms with Crippen LogP contribution in [0, 0.1) is 17.6 Å². The topological polar surface area (TPSA) is 78.5 Å². The first-order valence-electron chi connectivity index (χ1n) is 8.85. The summed E-state index contributed by atoms with van der Waals surface area (Å²) in [7, 11) is -4.11. The number of nitrogens with one attached hydrogen (secondary N) is 2. The number of benzene rings is 1. The van der Waals surface area contributed by atoms with Gasteiger partial charge in [0.1, 0.15) is 4.90 Å². The summed E-state index contributed by atoms with van der Waals surface area (Å²) in [6.07, 6.45) is 3.15. The van der Waals surface area contributed by atoms with Crippen LogP contribution in [0.15, 0.2) is 23.1 Å². The number of sulfonamides is 1. The van der Waals surface area contributed by atoms with Crippen molar-refractivity contribution in [3.05, 3.63) is 29.8 Å². The van der Waals surface area contributed by atoms with Crippen LogP contribution in [0.2, 0.25) is 0 Å². The lowest BCUT2D eigenvalue weighted by Crippen LogP contribution is -2.46. The number of nitrogens with zero attached hydrogens (tertiary/aromatic N) is 1. The van der Waals surface area contributed by atoms with Gasteiger partial charge >= 0.3 is 0 Å². The number of carbonyl (C=O) groups is 1. The zero-order valence-electron chi connectivity index (χ0n) is 14.4. The van der Waals surface area contributed by atoms with Crippen LogP contribution in [-0.2, 0) is 14.8 Å². The molecule has 3 rings (SSSR count). The molecule has 2 heterocycles. The zero-order valence-corrected chi connectivity index (χ0v) is 15.2. The average molecular weight is 387 g/mol. The summed E-state index contributed by atoms with van der Waals surface area (Å²) in [5.74, 6) is -2.66. The molecule has 2 N–H and O–H groups in total. The van der Waals surface area contributed by atoms with Crippen LogP contribution in [0.5, 0.6) is 0 Å². The first kappa shape index (κ1) is 19.2. The molecule has 1 amide bonds. The summed E-state index contributed by atoms with van der Waals surface area (Å²) >= 11 is 0. The van der Waals surface area contributed by atoms with E-state index in [4.69, 9.17) is 0 Å². The Kier molecular flexibility index (Phi) is 5.89. The molecular weight excluding hydrogens is 364 g/mol. The van der Waals surface area contributed by atoms with Crippen molar-refractivity contribution in [3.63, 3.8) is 0 Å². The molecule has 6 nitrogen and oxygen atoms in total. The van der Waals surface area contributed by atoms with Crippen molar-refractivity contribution in [1.29, 1.82) is 0 Å². The van der Waals surface area contributed by atoms with E-state index < -0.39 is 26.6 Å². The van der Waals surface area contributed by atoms with E-state index in [1.54, 1.807) is 0 Å². The van der Waals surface area contributed by atoms with Gasteiger partial charge in [0, 0.05) is 19.6 Å². The van der Waals surface area contributed by atoms with E-state index in [-0.39, 0.29) is 31.0 Å². The van der Waals surface area contributed by atoms with E-state index >= 15 is 0 Å². The monoisotopic (exact) mass is 387 g/mol. The van der Waals surface area contributed by atoms with Crippen molar-refractivity contribution < 1.29 is 22.0 Å². The molecule has 2 unspecified atom stereocenters. The molecule has 0 aliphatic carbocycles. The molecule has 0 saturated carbocycles. The van der Waals surface area contributed by atoms with Crippen molar-refractivity contribution in [1.82, 2.24) is 14.9 Å². The highest BCUT2D eigenvalue weighted by Gasteiger charge is 2.33. The Bertz CT molecular complexity index is 767. The molecule has 0 aromatic heterocycles. The van der Waals surface area contributed by atoms with Gasteiger partial charge in [-0.2, -0.15) is 4.31 Å². The molecule has 0 radical (unpaired) electrons. The highest BCUT2D eigenvalue weighted by molar-refractivity contribution is 7.89. The van der Waals surface area contributed by atoms with Crippen LogP contribution < -0.4 is 10.6 Å². The van der Waals surface area contributed by atoms with Crippen LogP contribution in [-0.4, -0.2) is 50.9 Å². The van der Waals surface area contributed by atoms with E-state index in [1.807, 2.05) is 0 Å². The molecule has 2 saturated heterocycles. The van der Waals surface area contributed by atoms with Crippen molar-refractivity contribution in [2.45, 2.75) is 36.6 Å². The Morgan fingerprint density at radius 2 is 2.08 bits per heavy atom. The zero-order chi connectivity index (χ0) is 18.7. The molecule has 0 spiro atoms. The van der Waals surface area contributed by atoms with Crippen molar-refractivity contribution in [2.24, 2.45) is 5.92 Å². The number of rotatable bonds is 5. The summed E-state index contributed by atoms with van der Waals surface area (Å²) in [6.45, 7) is 1.63. The molecule has 2 aliphatic rings. The van der Waals surface area contributed by atoms with E-state index in [9.17, 15) is 22.0 Å². The van der Waals surface area contributed by atoms with Gasteiger partial charge in [0.2, 0.25) is 15.9 Å². The van der Waals surface area contributed by atoms with Crippen molar-refractivity contribution in [2.75, 3.05) is 26.2 Å². The highest BCUT2D eigenvalue weighted by Crippen LogP contribution is 2.26. The van der Waals surface area contributed by atoms with Crippen LogP contribution >= 0.6 is 0 Å². The number of piperidine rings is 1. The number of amides is 1. The standard InChI is InChI=1S/C17H23F2N3O3S/c18-13-5-1-7-15(16(13)19)26(24,25)22-9-3-4-12(11-22)10-21-17(23)14-6-2-8-20-14/h1,5,7,12,14,20H,2-4,6,8-11H2,(H,21,23). The maximum Gasteiger partial charge on any atom is 0.246 e. The van der Waals surface area contributed by atoms with Gasteiger partial charge in [-0.1, -0.05) is 6.07 Å². The second-order valence-electron chi connectivity index (χ2n) is 6.82. The van der Waals surface area contributed by atoms with Gasteiger partial charge in [0.05, 0.1) is 6.04 Å². The van der Waals surface area contributed by atoms with Crippen LogP contribution in [0.4, 0.5) is 8.78 Å². The largest absolute Gasteiger partial charge is 0.354 e. The molecule has 0 bridgehead atoms. The van der Waals surface area contributed by atoms with E-state index in [0.29, 0.717) is 13.0 Å². The van der Waals surface area contributed by atoms with E-state index in [0.717, 1.165) is 37.9 Å². The van der Waals surface area contributed by atoms with Gasteiger partial charge in [-0.3, -0.25) is 4.79 Å². The molecule has 144 valence electrons. The van der Waals surface area contributed by atoms with Gasteiger partial charge in [-0.05, 0) is 50.3 Å². The fourth-order valence-electron chi connectivity index (χ4n) is 3.51. The van der Waals surface area contributed by atoms with Crippen LogP contribution in [0.25, 0.3) is 0 Å². The van der Waals surface area contributed by atoms with Gasteiger partial charge < -0.3 is 10.6 Å². The first-order valence-corrected chi connectivity index (χ1v) is 10.3. The summed E-state index contributed by atoms with van der Waals surface area (Å²) < 4.78 is 53.9. The fourth-order valence-corrected chi connectivity index (χ4v) is 5.14. The van der Waals surface area contributed by atoms with Crippen molar-refractivity contribution in [3.8, 4) is 0 Å². The molecule has 2 aliphatic heterocycles. The summed E-state index contributed by atoms with van der Waals surface area (Å²) in [5.41, 5.74) is 0. The van der Waals surface area contributed by atoms with Gasteiger partial charge in [0.25, 0.3) is 0 Å². The van der Waals surface area contributed by atoms with E-state index in [2.05, 4.69) is 10.6 Å². The number of hydrogen-bond donors (Lipinski definition) is 2. The minimum atomic E-state index is -4.11. The molecule has 2 atom stereocenters. The molecule has 1 aromatic rings. The minimum absolute atomic E-state index is 0.0551. The smallest absolute Gasteiger partial charge is 0.246 e. The predicted molar refractivity (Wildman–Crippen MR) is 91.9 cm³/mol. The maximum atomic E-state index is 13.9. The molecule has 1 aromatic carbocycles. The summed E-state index contributed by atoms with van der Waals surface area (Å²) in [6, 6.07) is 2.96. The summed E-state index contributed by atoms with van der Waals surface area (Å²) in [5, 5.41) is 5.98. The lowest BCUT2D eigenvalue weighted by atomic mass is 9.99. The maximum absolute atomic E-state index is 13.9. The third kappa shape index (κ3) is 4.05. The second kappa shape index (κ2) is 7.98. The number of hydrogen-bond acceptors (Lipinski definition) is 4. The molecular formula is C17H23F2N3O3S. The Morgan fingerprint density at radius 3 is 2.81 bits per heavy atom. The quantitative estimate of drug-likeness (QED) is 0.797. The lowest BCUT2D eigenvalue weighted by molar-refractivity contribution is -0.123. The van der Waals surface area contributed by atoms with Crippen LogP contribution in [0.3, 0.4) is 0 Å². The normalized spacial score (nSPS) is 24.5. The van der Waals surface area contributed by atoms with Gasteiger partial charge in [-0.15, -0.1) is 0 Å². The van der Waals surface area contributed by atoms with Gasteiger partial charge in [-0.25, -0.2) is 17.2 Å². The minimum Gasteiger partial charge on any atom is -0.354 e. The molecule has 9 heteroatoms.